The molecule has 0 N–H and O–H groups in total. The summed E-state index contributed by atoms with van der Waals surface area (Å²) >= 11 is 2.09. The highest BCUT2D eigenvalue weighted by Crippen LogP contribution is 2.23. The van der Waals surface area contributed by atoms with Crippen LogP contribution in [0.15, 0.2) is 18.2 Å². The highest BCUT2D eigenvalue weighted by atomic mass is 127. The second-order valence-corrected chi connectivity index (χ2v) is 9.64. The fraction of sp³-hybridized carbons (Fsp3) is 0.667. The molecule has 164 valence electrons. The van der Waals surface area contributed by atoms with E-state index in [-0.39, 0.29) is 12.2 Å². The van der Waals surface area contributed by atoms with Crippen LogP contribution in [-0.4, -0.2) is 24.1 Å². The van der Waals surface area contributed by atoms with Crippen molar-refractivity contribution < 1.29 is 19.1 Å². The van der Waals surface area contributed by atoms with Crippen molar-refractivity contribution in [1.82, 2.24) is 0 Å². The Balaban J connectivity index is 2.96. The van der Waals surface area contributed by atoms with Crippen LogP contribution < -0.4 is 0 Å². The van der Waals surface area contributed by atoms with Gasteiger partial charge in [0.1, 0.15) is 12.2 Å². The molecule has 0 aliphatic carbocycles. The standard InChI is InChI=1S/C24H37IO4/c1-7-18(14-12-16(3)4)28-23(26)20-10-9-11-21(25)22(20)24(27)29-19(8-2)15-13-17(5)6/h9-11,16-19H,7-8,12-15H2,1-6H3. The van der Waals surface area contributed by atoms with Gasteiger partial charge in [-0.1, -0.05) is 47.6 Å². The van der Waals surface area contributed by atoms with E-state index in [4.69, 9.17) is 9.47 Å². The van der Waals surface area contributed by atoms with Gasteiger partial charge in [-0.2, -0.15) is 0 Å². The number of hydrogen-bond acceptors (Lipinski definition) is 4. The van der Waals surface area contributed by atoms with Crippen LogP contribution >= 0.6 is 22.6 Å². The Morgan fingerprint density at radius 1 is 0.828 bits per heavy atom. The number of esters is 2. The molecule has 0 amide bonds. The Labute approximate surface area is 190 Å². The fourth-order valence-corrected chi connectivity index (χ4v) is 3.78. The first-order valence-corrected chi connectivity index (χ1v) is 12.0. The van der Waals surface area contributed by atoms with E-state index in [1.165, 1.54) is 0 Å². The molecular formula is C24H37IO4. The molecule has 1 aromatic carbocycles. The van der Waals surface area contributed by atoms with Gasteiger partial charge in [-0.3, -0.25) is 0 Å². The minimum Gasteiger partial charge on any atom is -0.459 e. The number of benzene rings is 1. The Kier molecular flexibility index (Phi) is 11.8. The number of carbonyl (C=O) groups is 2. The van der Waals surface area contributed by atoms with E-state index in [0.29, 0.717) is 26.5 Å². The summed E-state index contributed by atoms with van der Waals surface area (Å²) in [6.07, 6.45) is 4.90. The normalized spacial score (nSPS) is 13.4. The number of rotatable bonds is 12. The van der Waals surface area contributed by atoms with Crippen molar-refractivity contribution in [3.05, 3.63) is 32.9 Å². The maximum Gasteiger partial charge on any atom is 0.340 e. The van der Waals surface area contributed by atoms with Crippen LogP contribution in [0.5, 0.6) is 0 Å². The summed E-state index contributed by atoms with van der Waals surface area (Å²) in [7, 11) is 0. The quantitative estimate of drug-likeness (QED) is 0.221. The third-order valence-electron chi connectivity index (χ3n) is 5.03. The van der Waals surface area contributed by atoms with Crippen molar-refractivity contribution >= 4 is 34.5 Å². The van der Waals surface area contributed by atoms with E-state index in [0.717, 1.165) is 38.5 Å². The maximum atomic E-state index is 12.9. The van der Waals surface area contributed by atoms with Crippen molar-refractivity contribution in [2.75, 3.05) is 0 Å². The minimum absolute atomic E-state index is 0.138. The minimum atomic E-state index is -0.443. The molecule has 0 aromatic heterocycles. The first-order chi connectivity index (χ1) is 13.7. The number of hydrogen-bond donors (Lipinski definition) is 0. The van der Waals surface area contributed by atoms with E-state index in [9.17, 15) is 9.59 Å². The maximum absolute atomic E-state index is 12.9. The largest absolute Gasteiger partial charge is 0.459 e. The molecule has 0 saturated heterocycles. The third kappa shape index (κ3) is 9.06. The zero-order chi connectivity index (χ0) is 22.0. The molecule has 1 rings (SSSR count). The van der Waals surface area contributed by atoms with Crippen LogP contribution in [0, 0.1) is 15.4 Å². The average molecular weight is 516 g/mol. The van der Waals surface area contributed by atoms with Crippen molar-refractivity contribution in [3.8, 4) is 0 Å². The molecule has 0 fully saturated rings. The lowest BCUT2D eigenvalue weighted by Gasteiger charge is -2.20. The molecule has 0 spiro atoms. The molecule has 0 aliphatic rings. The van der Waals surface area contributed by atoms with Crippen LogP contribution in [0.1, 0.15) is 101 Å². The van der Waals surface area contributed by atoms with E-state index in [1.54, 1.807) is 12.1 Å². The van der Waals surface area contributed by atoms with Crippen molar-refractivity contribution in [2.45, 2.75) is 92.3 Å². The lowest BCUT2D eigenvalue weighted by atomic mass is 10.0. The lowest BCUT2D eigenvalue weighted by Crippen LogP contribution is -2.24. The van der Waals surface area contributed by atoms with Crippen molar-refractivity contribution in [3.63, 3.8) is 0 Å². The summed E-state index contributed by atoms with van der Waals surface area (Å²) in [6, 6.07) is 5.25. The summed E-state index contributed by atoms with van der Waals surface area (Å²) in [4.78, 5) is 25.8. The summed E-state index contributed by atoms with van der Waals surface area (Å²) in [5.41, 5.74) is 0.614. The predicted molar refractivity (Wildman–Crippen MR) is 126 cm³/mol. The zero-order valence-electron chi connectivity index (χ0n) is 18.8. The van der Waals surface area contributed by atoms with Gasteiger partial charge >= 0.3 is 11.9 Å². The second kappa shape index (κ2) is 13.2. The Hall–Kier alpha value is -1.11. The molecule has 2 unspecified atom stereocenters. The predicted octanol–water partition coefficient (Wildman–Crippen LogP) is 7.03. The molecule has 0 radical (unpaired) electrons. The lowest BCUT2D eigenvalue weighted by molar-refractivity contribution is 0.0212. The molecule has 0 heterocycles. The summed E-state index contributed by atoms with van der Waals surface area (Å²) < 4.78 is 12.2. The topological polar surface area (TPSA) is 52.6 Å². The average Bonchev–Trinajstić information content (AvgIpc) is 2.67. The number of ether oxygens (including phenoxy) is 2. The fourth-order valence-electron chi connectivity index (χ4n) is 3.06. The van der Waals surface area contributed by atoms with Gasteiger partial charge in [0, 0.05) is 3.57 Å². The van der Waals surface area contributed by atoms with E-state index in [2.05, 4.69) is 50.3 Å². The Bertz CT molecular complexity index is 654. The van der Waals surface area contributed by atoms with Crippen LogP contribution in [0.4, 0.5) is 0 Å². The molecule has 29 heavy (non-hydrogen) atoms. The van der Waals surface area contributed by atoms with Crippen LogP contribution in [-0.2, 0) is 9.47 Å². The summed E-state index contributed by atoms with van der Waals surface area (Å²) in [5, 5.41) is 0. The van der Waals surface area contributed by atoms with Gasteiger partial charge in [0.2, 0.25) is 0 Å². The van der Waals surface area contributed by atoms with Gasteiger partial charge in [0.15, 0.2) is 0 Å². The second-order valence-electron chi connectivity index (χ2n) is 8.48. The van der Waals surface area contributed by atoms with E-state index < -0.39 is 11.9 Å². The smallest absolute Gasteiger partial charge is 0.340 e. The number of carbonyl (C=O) groups excluding carboxylic acids is 2. The Morgan fingerprint density at radius 2 is 1.31 bits per heavy atom. The van der Waals surface area contributed by atoms with Crippen molar-refractivity contribution in [1.29, 1.82) is 0 Å². The van der Waals surface area contributed by atoms with Crippen LogP contribution in [0.25, 0.3) is 0 Å². The van der Waals surface area contributed by atoms with Gasteiger partial charge in [-0.25, -0.2) is 9.59 Å². The molecule has 0 bridgehead atoms. The summed E-state index contributed by atoms with van der Waals surface area (Å²) in [6.45, 7) is 12.7. The van der Waals surface area contributed by atoms with Gasteiger partial charge < -0.3 is 9.47 Å². The highest BCUT2D eigenvalue weighted by Gasteiger charge is 2.26. The molecule has 4 nitrogen and oxygen atoms in total. The highest BCUT2D eigenvalue weighted by molar-refractivity contribution is 14.1. The molecule has 0 aliphatic heterocycles. The van der Waals surface area contributed by atoms with E-state index in [1.807, 2.05) is 19.9 Å². The first kappa shape index (κ1) is 25.9. The zero-order valence-corrected chi connectivity index (χ0v) is 21.0. The van der Waals surface area contributed by atoms with Crippen molar-refractivity contribution in [2.24, 2.45) is 11.8 Å². The van der Waals surface area contributed by atoms with Gasteiger partial charge in [-0.15, -0.1) is 0 Å². The summed E-state index contributed by atoms with van der Waals surface area (Å²) in [5.74, 6) is 0.235. The molecular weight excluding hydrogens is 479 g/mol. The Morgan fingerprint density at radius 3 is 1.76 bits per heavy atom. The molecule has 0 saturated carbocycles. The van der Waals surface area contributed by atoms with E-state index >= 15 is 0 Å². The SMILES string of the molecule is CCC(CCC(C)C)OC(=O)c1cccc(I)c1C(=O)OC(CC)CCC(C)C. The van der Waals surface area contributed by atoms with Crippen LogP contribution in [0.2, 0.25) is 0 Å². The third-order valence-corrected chi connectivity index (χ3v) is 5.93. The van der Waals surface area contributed by atoms with Gasteiger partial charge in [0.05, 0.1) is 11.1 Å². The monoisotopic (exact) mass is 516 g/mol. The van der Waals surface area contributed by atoms with Gasteiger partial charge in [-0.05, 0) is 85.1 Å². The molecule has 2 atom stereocenters. The molecule has 5 heteroatoms. The first-order valence-electron chi connectivity index (χ1n) is 10.9. The number of halogens is 1. The van der Waals surface area contributed by atoms with Crippen LogP contribution in [0.3, 0.4) is 0 Å². The molecule has 1 aromatic rings. The van der Waals surface area contributed by atoms with Gasteiger partial charge in [0.25, 0.3) is 0 Å².